The third-order valence-corrected chi connectivity index (χ3v) is 2.31. The molecule has 5 nitrogen and oxygen atoms in total. The first-order valence-electron chi connectivity index (χ1n) is 5.13. The molecule has 0 saturated heterocycles. The van der Waals surface area contributed by atoms with E-state index in [1.165, 1.54) is 26.0 Å². The predicted molar refractivity (Wildman–Crippen MR) is 62.8 cm³/mol. The van der Waals surface area contributed by atoms with Crippen LogP contribution >= 0.6 is 0 Å². The first-order chi connectivity index (χ1) is 7.81. The molecule has 17 heavy (non-hydrogen) atoms. The average Bonchev–Trinajstić information content (AvgIpc) is 2.15. The Labute approximate surface area is 99.1 Å². The van der Waals surface area contributed by atoms with Gasteiger partial charge in [-0.05, 0) is 26.0 Å². The van der Waals surface area contributed by atoms with Crippen molar-refractivity contribution in [2.24, 2.45) is 5.41 Å². The highest BCUT2D eigenvalue weighted by Gasteiger charge is 2.30. The Morgan fingerprint density at radius 1 is 1.35 bits per heavy atom. The lowest BCUT2D eigenvalue weighted by molar-refractivity contribution is -0.148. The standard InChI is InChI=1S/C12H15NO4/c1-12(2,11(16)17)7-10(15)13-8-4-3-5-9(14)6-8/h3-6,14H,7H2,1-2H3,(H,13,15)(H,16,17). The molecule has 5 heteroatoms. The summed E-state index contributed by atoms with van der Waals surface area (Å²) in [7, 11) is 0. The molecule has 0 unspecified atom stereocenters. The first kappa shape index (κ1) is 13.0. The van der Waals surface area contributed by atoms with Gasteiger partial charge in [-0.25, -0.2) is 0 Å². The minimum absolute atomic E-state index is 0.0419. The lowest BCUT2D eigenvalue weighted by Crippen LogP contribution is -2.29. The monoisotopic (exact) mass is 237 g/mol. The topological polar surface area (TPSA) is 86.6 Å². The number of aliphatic carboxylic acids is 1. The van der Waals surface area contributed by atoms with Gasteiger partial charge >= 0.3 is 5.97 Å². The molecule has 0 aliphatic heterocycles. The van der Waals surface area contributed by atoms with Gasteiger partial charge in [0.05, 0.1) is 5.41 Å². The van der Waals surface area contributed by atoms with E-state index in [0.717, 1.165) is 0 Å². The number of carbonyl (C=O) groups is 2. The molecule has 1 amide bonds. The van der Waals surface area contributed by atoms with Crippen LogP contribution in [0.2, 0.25) is 0 Å². The van der Waals surface area contributed by atoms with Crippen LogP contribution in [0.15, 0.2) is 24.3 Å². The number of rotatable bonds is 4. The Morgan fingerprint density at radius 2 is 2.00 bits per heavy atom. The van der Waals surface area contributed by atoms with E-state index in [0.29, 0.717) is 5.69 Å². The minimum Gasteiger partial charge on any atom is -0.508 e. The summed E-state index contributed by atoms with van der Waals surface area (Å²) in [5.74, 6) is -1.38. The van der Waals surface area contributed by atoms with E-state index in [4.69, 9.17) is 5.11 Å². The summed E-state index contributed by atoms with van der Waals surface area (Å²) in [6.07, 6.45) is -0.127. The number of aromatic hydroxyl groups is 1. The van der Waals surface area contributed by atoms with Crippen LogP contribution in [-0.4, -0.2) is 22.1 Å². The van der Waals surface area contributed by atoms with Crippen LogP contribution in [-0.2, 0) is 9.59 Å². The van der Waals surface area contributed by atoms with Crippen molar-refractivity contribution >= 4 is 17.6 Å². The molecule has 0 bridgehead atoms. The van der Waals surface area contributed by atoms with E-state index >= 15 is 0 Å². The first-order valence-corrected chi connectivity index (χ1v) is 5.13. The molecule has 0 aromatic heterocycles. The zero-order valence-corrected chi connectivity index (χ0v) is 9.73. The largest absolute Gasteiger partial charge is 0.508 e. The van der Waals surface area contributed by atoms with Crippen molar-refractivity contribution in [3.05, 3.63) is 24.3 Å². The van der Waals surface area contributed by atoms with Crippen molar-refractivity contribution in [3.8, 4) is 5.75 Å². The van der Waals surface area contributed by atoms with Crippen LogP contribution in [0.4, 0.5) is 5.69 Å². The van der Waals surface area contributed by atoms with Crippen molar-refractivity contribution in [1.82, 2.24) is 0 Å². The number of nitrogens with one attached hydrogen (secondary N) is 1. The highest BCUT2D eigenvalue weighted by atomic mass is 16.4. The summed E-state index contributed by atoms with van der Waals surface area (Å²) in [6.45, 7) is 2.97. The summed E-state index contributed by atoms with van der Waals surface area (Å²) < 4.78 is 0. The van der Waals surface area contributed by atoms with Crippen LogP contribution in [0, 0.1) is 5.41 Å². The molecule has 0 spiro atoms. The maximum Gasteiger partial charge on any atom is 0.309 e. The minimum atomic E-state index is -1.11. The van der Waals surface area contributed by atoms with Gasteiger partial charge in [0.2, 0.25) is 5.91 Å². The van der Waals surface area contributed by atoms with Crippen molar-refractivity contribution in [3.63, 3.8) is 0 Å². The van der Waals surface area contributed by atoms with Crippen molar-refractivity contribution in [2.45, 2.75) is 20.3 Å². The van der Waals surface area contributed by atoms with Gasteiger partial charge in [0.15, 0.2) is 0 Å². The zero-order chi connectivity index (χ0) is 13.1. The quantitative estimate of drug-likeness (QED) is 0.745. The molecule has 1 aromatic rings. The summed E-state index contributed by atoms with van der Waals surface area (Å²) in [5.41, 5.74) is -0.669. The zero-order valence-electron chi connectivity index (χ0n) is 9.73. The summed E-state index contributed by atoms with van der Waals surface area (Å²) in [5, 5.41) is 20.6. The van der Waals surface area contributed by atoms with Crippen molar-refractivity contribution in [1.29, 1.82) is 0 Å². The molecular formula is C12H15NO4. The second-order valence-corrected chi connectivity index (χ2v) is 4.46. The fraction of sp³-hybridized carbons (Fsp3) is 0.333. The molecule has 0 radical (unpaired) electrons. The summed E-state index contributed by atoms with van der Waals surface area (Å²) in [6, 6.07) is 6.08. The van der Waals surface area contributed by atoms with Gasteiger partial charge < -0.3 is 15.5 Å². The maximum absolute atomic E-state index is 11.6. The summed E-state index contributed by atoms with van der Waals surface area (Å²) >= 11 is 0. The van der Waals surface area contributed by atoms with E-state index < -0.39 is 17.3 Å². The number of amides is 1. The molecule has 0 aliphatic rings. The average molecular weight is 237 g/mol. The SMILES string of the molecule is CC(C)(CC(=O)Nc1cccc(O)c1)C(=O)O. The third kappa shape index (κ3) is 3.79. The van der Waals surface area contributed by atoms with Gasteiger partial charge in [-0.1, -0.05) is 6.07 Å². The molecule has 0 saturated carbocycles. The van der Waals surface area contributed by atoms with Crippen molar-refractivity contribution in [2.75, 3.05) is 5.32 Å². The normalized spacial score (nSPS) is 10.9. The molecular weight excluding hydrogens is 222 g/mol. The van der Waals surface area contributed by atoms with E-state index in [2.05, 4.69) is 5.32 Å². The van der Waals surface area contributed by atoms with Gasteiger partial charge in [0.25, 0.3) is 0 Å². The number of carboxylic acids is 1. The number of benzene rings is 1. The van der Waals surface area contributed by atoms with Gasteiger partial charge in [0.1, 0.15) is 5.75 Å². The Bertz CT molecular complexity index is 440. The number of carbonyl (C=O) groups excluding carboxylic acids is 1. The highest BCUT2D eigenvalue weighted by Crippen LogP contribution is 2.22. The van der Waals surface area contributed by atoms with Gasteiger partial charge in [-0.15, -0.1) is 0 Å². The van der Waals surface area contributed by atoms with Crippen LogP contribution in [0.3, 0.4) is 0 Å². The predicted octanol–water partition coefficient (Wildman–Crippen LogP) is 1.83. The molecule has 0 heterocycles. The Kier molecular flexibility index (Phi) is 3.73. The van der Waals surface area contributed by atoms with Crippen molar-refractivity contribution < 1.29 is 19.8 Å². The lowest BCUT2D eigenvalue weighted by Gasteiger charge is -2.18. The fourth-order valence-electron chi connectivity index (χ4n) is 1.27. The van der Waals surface area contributed by atoms with Gasteiger partial charge in [-0.3, -0.25) is 9.59 Å². The van der Waals surface area contributed by atoms with E-state index in [1.54, 1.807) is 12.1 Å². The third-order valence-electron chi connectivity index (χ3n) is 2.31. The van der Waals surface area contributed by atoms with Gasteiger partial charge in [-0.2, -0.15) is 0 Å². The number of phenolic OH excluding ortho intramolecular Hbond substituents is 1. The second-order valence-electron chi connectivity index (χ2n) is 4.46. The maximum atomic E-state index is 11.6. The number of carboxylic acid groups (broad SMARTS) is 1. The van der Waals surface area contributed by atoms with Crippen LogP contribution in [0.1, 0.15) is 20.3 Å². The molecule has 0 atom stereocenters. The molecule has 3 N–H and O–H groups in total. The molecule has 1 rings (SSSR count). The summed E-state index contributed by atoms with van der Waals surface area (Å²) in [4.78, 5) is 22.4. The number of anilines is 1. The van der Waals surface area contributed by atoms with E-state index in [1.807, 2.05) is 0 Å². The van der Waals surface area contributed by atoms with E-state index in [9.17, 15) is 14.7 Å². The van der Waals surface area contributed by atoms with Crippen LogP contribution in [0.5, 0.6) is 5.75 Å². The Balaban J connectivity index is 2.65. The molecule has 0 fully saturated rings. The fourth-order valence-corrected chi connectivity index (χ4v) is 1.27. The van der Waals surface area contributed by atoms with Crippen LogP contribution in [0.25, 0.3) is 0 Å². The number of hydrogen-bond acceptors (Lipinski definition) is 3. The smallest absolute Gasteiger partial charge is 0.309 e. The lowest BCUT2D eigenvalue weighted by atomic mass is 9.89. The Morgan fingerprint density at radius 3 is 2.53 bits per heavy atom. The molecule has 1 aromatic carbocycles. The molecule has 0 aliphatic carbocycles. The highest BCUT2D eigenvalue weighted by molar-refractivity contribution is 5.94. The molecule has 92 valence electrons. The number of hydrogen-bond donors (Lipinski definition) is 3. The Hall–Kier alpha value is -2.04. The van der Waals surface area contributed by atoms with E-state index in [-0.39, 0.29) is 12.2 Å². The van der Waals surface area contributed by atoms with Crippen LogP contribution < -0.4 is 5.32 Å². The van der Waals surface area contributed by atoms with Gasteiger partial charge in [0, 0.05) is 18.2 Å². The number of phenols is 1. The second kappa shape index (κ2) is 4.86.